The molecule has 0 bridgehead atoms. The molecule has 4 nitrogen and oxygen atoms in total. The van der Waals surface area contributed by atoms with Crippen LogP contribution in [0.4, 0.5) is 8.78 Å². The highest BCUT2D eigenvalue weighted by molar-refractivity contribution is 5.83. The van der Waals surface area contributed by atoms with Gasteiger partial charge in [0, 0.05) is 18.4 Å². The van der Waals surface area contributed by atoms with Crippen molar-refractivity contribution in [1.29, 1.82) is 0 Å². The smallest absolute Gasteiger partial charge is 0.223 e. The third-order valence-electron chi connectivity index (χ3n) is 4.35. The molecule has 2 N–H and O–H groups in total. The van der Waals surface area contributed by atoms with Crippen molar-refractivity contribution in [3.63, 3.8) is 0 Å². The van der Waals surface area contributed by atoms with Gasteiger partial charge in [0.1, 0.15) is 11.9 Å². The molecule has 1 fully saturated rings. The van der Waals surface area contributed by atoms with Crippen molar-refractivity contribution in [1.82, 2.24) is 5.32 Å². The van der Waals surface area contributed by atoms with E-state index in [1.165, 1.54) is 18.4 Å². The summed E-state index contributed by atoms with van der Waals surface area (Å²) in [5.74, 6) is -2.18. The summed E-state index contributed by atoms with van der Waals surface area (Å²) in [5.41, 5.74) is 0.249. The summed E-state index contributed by atoms with van der Waals surface area (Å²) in [5, 5.41) is 12.8. The molecule has 4 atom stereocenters. The number of aliphatic hydroxyl groups is 1. The average molecular weight is 335 g/mol. The van der Waals surface area contributed by atoms with Crippen LogP contribution >= 0.6 is 0 Å². The summed E-state index contributed by atoms with van der Waals surface area (Å²) in [6.07, 6.45) is 1.49. The number of rotatable bonds is 6. The summed E-state index contributed by atoms with van der Waals surface area (Å²) in [6.45, 7) is 1.78. The Morgan fingerprint density at radius 3 is 2.88 bits per heavy atom. The van der Waals surface area contributed by atoms with E-state index in [9.17, 15) is 18.7 Å². The largest absolute Gasteiger partial charge is 0.467 e. The van der Waals surface area contributed by atoms with Crippen molar-refractivity contribution in [2.45, 2.75) is 37.8 Å². The van der Waals surface area contributed by atoms with Crippen LogP contribution in [0.5, 0.6) is 0 Å². The SMILES string of the molecule is CC(CC(O)c1ccco1)NC(=O)C1CC1c1cccc(F)c1F. The molecule has 1 saturated carbocycles. The van der Waals surface area contributed by atoms with Crippen LogP contribution in [0.3, 0.4) is 0 Å². The Morgan fingerprint density at radius 2 is 2.17 bits per heavy atom. The zero-order valence-corrected chi connectivity index (χ0v) is 13.2. The Hall–Kier alpha value is -2.21. The summed E-state index contributed by atoms with van der Waals surface area (Å²) < 4.78 is 32.2. The number of benzene rings is 1. The van der Waals surface area contributed by atoms with E-state index in [-0.39, 0.29) is 29.3 Å². The maximum atomic E-state index is 13.8. The minimum Gasteiger partial charge on any atom is -0.467 e. The van der Waals surface area contributed by atoms with Gasteiger partial charge in [0.05, 0.1) is 6.26 Å². The maximum absolute atomic E-state index is 13.8. The molecular formula is C18H19F2NO3. The normalized spacial score (nSPS) is 22.0. The van der Waals surface area contributed by atoms with E-state index in [0.29, 0.717) is 18.6 Å². The van der Waals surface area contributed by atoms with Crippen molar-refractivity contribution < 1.29 is 23.1 Å². The number of furan rings is 1. The highest BCUT2D eigenvalue weighted by Gasteiger charge is 2.45. The van der Waals surface area contributed by atoms with Crippen LogP contribution in [0, 0.1) is 17.6 Å². The van der Waals surface area contributed by atoms with Crippen LogP contribution < -0.4 is 5.32 Å². The second-order valence-electron chi connectivity index (χ2n) is 6.27. The van der Waals surface area contributed by atoms with Crippen LogP contribution in [-0.2, 0) is 4.79 Å². The minimum atomic E-state index is -0.895. The number of aliphatic hydroxyl groups excluding tert-OH is 1. The fourth-order valence-corrected chi connectivity index (χ4v) is 2.98. The molecule has 1 aromatic heterocycles. The first-order chi connectivity index (χ1) is 11.5. The number of carbonyl (C=O) groups excluding carboxylic acids is 1. The van der Waals surface area contributed by atoms with E-state index in [0.717, 1.165) is 6.07 Å². The van der Waals surface area contributed by atoms with Gasteiger partial charge in [-0.3, -0.25) is 4.79 Å². The van der Waals surface area contributed by atoms with Crippen molar-refractivity contribution in [3.05, 3.63) is 59.6 Å². The molecule has 0 spiro atoms. The molecular weight excluding hydrogens is 316 g/mol. The van der Waals surface area contributed by atoms with Gasteiger partial charge in [-0.15, -0.1) is 0 Å². The zero-order chi connectivity index (χ0) is 17.3. The van der Waals surface area contributed by atoms with Crippen LogP contribution in [0.1, 0.15) is 43.1 Å². The molecule has 0 aliphatic heterocycles. The highest BCUT2D eigenvalue weighted by Crippen LogP contribution is 2.48. The van der Waals surface area contributed by atoms with Gasteiger partial charge in [0.15, 0.2) is 11.6 Å². The molecule has 2 aromatic rings. The summed E-state index contributed by atoms with van der Waals surface area (Å²) >= 11 is 0. The van der Waals surface area contributed by atoms with Crippen molar-refractivity contribution >= 4 is 5.91 Å². The monoisotopic (exact) mass is 335 g/mol. The number of hydrogen-bond acceptors (Lipinski definition) is 3. The summed E-state index contributed by atoms with van der Waals surface area (Å²) in [6, 6.07) is 7.11. The van der Waals surface area contributed by atoms with Gasteiger partial charge in [0.25, 0.3) is 0 Å². The lowest BCUT2D eigenvalue weighted by molar-refractivity contribution is -0.123. The average Bonchev–Trinajstić information content (AvgIpc) is 3.13. The van der Waals surface area contributed by atoms with Gasteiger partial charge >= 0.3 is 0 Å². The number of halogens is 2. The maximum Gasteiger partial charge on any atom is 0.223 e. The Balaban J connectivity index is 1.54. The molecule has 1 aliphatic rings. The van der Waals surface area contributed by atoms with Gasteiger partial charge in [-0.1, -0.05) is 12.1 Å². The third-order valence-corrected chi connectivity index (χ3v) is 4.35. The van der Waals surface area contributed by atoms with Gasteiger partial charge in [-0.05, 0) is 43.0 Å². The van der Waals surface area contributed by atoms with Crippen LogP contribution in [-0.4, -0.2) is 17.1 Å². The molecule has 4 unspecified atom stereocenters. The Morgan fingerprint density at radius 1 is 1.38 bits per heavy atom. The zero-order valence-electron chi connectivity index (χ0n) is 13.2. The number of amides is 1. The topological polar surface area (TPSA) is 62.5 Å². The van der Waals surface area contributed by atoms with E-state index in [4.69, 9.17) is 4.42 Å². The summed E-state index contributed by atoms with van der Waals surface area (Å²) in [4.78, 5) is 12.2. The summed E-state index contributed by atoms with van der Waals surface area (Å²) in [7, 11) is 0. The molecule has 1 amide bonds. The number of carbonyl (C=O) groups is 1. The standard InChI is InChI=1S/C18H19F2NO3/c1-10(8-15(22)16-6-3-7-24-16)21-18(23)13-9-12(13)11-4-2-5-14(19)17(11)20/h2-7,10,12-13,15,22H,8-9H2,1H3,(H,21,23). The van der Waals surface area contributed by atoms with Crippen molar-refractivity contribution in [3.8, 4) is 0 Å². The van der Waals surface area contributed by atoms with E-state index < -0.39 is 17.7 Å². The first-order valence-corrected chi connectivity index (χ1v) is 7.93. The van der Waals surface area contributed by atoms with E-state index >= 15 is 0 Å². The predicted octanol–water partition coefficient (Wildman–Crippen LogP) is 3.29. The Kier molecular flexibility index (Phi) is 4.66. The van der Waals surface area contributed by atoms with Crippen molar-refractivity contribution in [2.24, 2.45) is 5.92 Å². The fourth-order valence-electron chi connectivity index (χ4n) is 2.98. The van der Waals surface area contributed by atoms with E-state index in [1.807, 2.05) is 0 Å². The molecule has 1 heterocycles. The number of nitrogens with one attached hydrogen (secondary N) is 1. The lowest BCUT2D eigenvalue weighted by Crippen LogP contribution is -2.35. The molecule has 128 valence electrons. The lowest BCUT2D eigenvalue weighted by Gasteiger charge is -2.16. The van der Waals surface area contributed by atoms with Gasteiger partial charge < -0.3 is 14.8 Å². The molecule has 1 aliphatic carbocycles. The molecule has 6 heteroatoms. The van der Waals surface area contributed by atoms with Gasteiger partial charge in [-0.2, -0.15) is 0 Å². The van der Waals surface area contributed by atoms with Crippen LogP contribution in [0.15, 0.2) is 41.0 Å². The molecule has 0 saturated heterocycles. The highest BCUT2D eigenvalue weighted by atomic mass is 19.2. The molecule has 0 radical (unpaired) electrons. The fraction of sp³-hybridized carbons (Fsp3) is 0.389. The lowest BCUT2D eigenvalue weighted by atomic mass is 10.1. The number of hydrogen-bond donors (Lipinski definition) is 2. The molecule has 3 rings (SSSR count). The van der Waals surface area contributed by atoms with E-state index in [1.54, 1.807) is 19.1 Å². The van der Waals surface area contributed by atoms with Gasteiger partial charge in [0.2, 0.25) is 5.91 Å². The van der Waals surface area contributed by atoms with Crippen molar-refractivity contribution in [2.75, 3.05) is 0 Å². The minimum absolute atomic E-state index is 0.206. The quantitative estimate of drug-likeness (QED) is 0.851. The van der Waals surface area contributed by atoms with Crippen LogP contribution in [0.2, 0.25) is 0 Å². The first-order valence-electron chi connectivity index (χ1n) is 7.93. The molecule has 24 heavy (non-hydrogen) atoms. The second-order valence-corrected chi connectivity index (χ2v) is 6.27. The Labute approximate surface area is 138 Å². The Bertz CT molecular complexity index is 717. The van der Waals surface area contributed by atoms with Gasteiger partial charge in [-0.25, -0.2) is 8.78 Å². The van der Waals surface area contributed by atoms with Crippen LogP contribution in [0.25, 0.3) is 0 Å². The third kappa shape index (κ3) is 3.48. The second kappa shape index (κ2) is 6.73. The molecule has 1 aromatic carbocycles. The predicted molar refractivity (Wildman–Crippen MR) is 83.1 cm³/mol. The van der Waals surface area contributed by atoms with E-state index in [2.05, 4.69) is 5.32 Å². The first kappa shape index (κ1) is 16.6.